The molecule has 4 heteroatoms. The number of hydrogen-bond donors (Lipinski definition) is 2. The molecule has 0 amide bonds. The minimum atomic E-state index is 0.292. The predicted octanol–water partition coefficient (Wildman–Crippen LogP) is 2.76. The van der Waals surface area contributed by atoms with E-state index in [1.54, 1.807) is 12.1 Å². The van der Waals surface area contributed by atoms with E-state index in [1.165, 1.54) is 0 Å². The van der Waals surface area contributed by atoms with E-state index in [0.29, 0.717) is 17.4 Å². The minimum absolute atomic E-state index is 0.292. The molecular formula is C14H21N3O. The minimum Gasteiger partial charge on any atom is -0.399 e. The molecule has 0 atom stereocenters. The maximum absolute atomic E-state index is 8.98. The molecule has 0 fully saturated rings. The summed E-state index contributed by atoms with van der Waals surface area (Å²) in [5.74, 6) is 0. The van der Waals surface area contributed by atoms with Gasteiger partial charge in [0.2, 0.25) is 0 Å². The Morgan fingerprint density at radius 2 is 2.17 bits per heavy atom. The highest BCUT2D eigenvalue weighted by atomic mass is 16.5. The molecule has 0 saturated carbocycles. The van der Waals surface area contributed by atoms with Crippen LogP contribution in [0.1, 0.15) is 32.3 Å². The van der Waals surface area contributed by atoms with Crippen molar-refractivity contribution in [2.75, 3.05) is 24.2 Å². The van der Waals surface area contributed by atoms with Gasteiger partial charge in [-0.05, 0) is 44.9 Å². The summed E-state index contributed by atoms with van der Waals surface area (Å²) in [5.41, 5.74) is 7.68. The molecule has 3 N–H and O–H groups in total. The first kappa shape index (κ1) is 14.3. The Balaban J connectivity index is 2.29. The molecule has 0 radical (unpaired) electrons. The Kier molecular flexibility index (Phi) is 6.03. The molecule has 1 rings (SSSR count). The number of nitriles is 1. The second-order valence-electron chi connectivity index (χ2n) is 4.47. The Hall–Kier alpha value is -1.73. The lowest BCUT2D eigenvalue weighted by Crippen LogP contribution is -2.07. The Morgan fingerprint density at radius 1 is 1.39 bits per heavy atom. The first-order valence-electron chi connectivity index (χ1n) is 6.28. The van der Waals surface area contributed by atoms with Crippen LogP contribution in [0.25, 0.3) is 0 Å². The van der Waals surface area contributed by atoms with Crippen LogP contribution in [0.15, 0.2) is 18.2 Å². The average Bonchev–Trinajstić information content (AvgIpc) is 2.34. The van der Waals surface area contributed by atoms with Gasteiger partial charge in [-0.2, -0.15) is 5.26 Å². The summed E-state index contributed by atoms with van der Waals surface area (Å²) in [4.78, 5) is 0. The molecule has 4 nitrogen and oxygen atoms in total. The molecular weight excluding hydrogens is 226 g/mol. The van der Waals surface area contributed by atoms with E-state index in [-0.39, 0.29) is 0 Å². The van der Waals surface area contributed by atoms with Gasteiger partial charge in [0.25, 0.3) is 0 Å². The summed E-state index contributed by atoms with van der Waals surface area (Å²) < 4.78 is 5.46. The number of ether oxygens (including phenoxy) is 1. The lowest BCUT2D eigenvalue weighted by Gasteiger charge is -2.10. The van der Waals surface area contributed by atoms with Gasteiger partial charge in [-0.1, -0.05) is 0 Å². The van der Waals surface area contributed by atoms with Crippen molar-refractivity contribution >= 4 is 11.4 Å². The summed E-state index contributed by atoms with van der Waals surface area (Å²) >= 11 is 0. The highest BCUT2D eigenvalue weighted by Gasteiger charge is 2.01. The highest BCUT2D eigenvalue weighted by Crippen LogP contribution is 2.17. The number of rotatable bonds is 7. The van der Waals surface area contributed by atoms with Gasteiger partial charge in [0.15, 0.2) is 0 Å². The van der Waals surface area contributed by atoms with E-state index in [2.05, 4.69) is 11.4 Å². The summed E-state index contributed by atoms with van der Waals surface area (Å²) in [6, 6.07) is 7.46. The van der Waals surface area contributed by atoms with Crippen LogP contribution in [0.2, 0.25) is 0 Å². The fourth-order valence-electron chi connectivity index (χ4n) is 1.58. The monoisotopic (exact) mass is 247 g/mol. The topological polar surface area (TPSA) is 71.1 Å². The van der Waals surface area contributed by atoms with Gasteiger partial charge in [0, 0.05) is 18.8 Å². The van der Waals surface area contributed by atoms with E-state index >= 15 is 0 Å². The van der Waals surface area contributed by atoms with Crippen LogP contribution in [0.4, 0.5) is 11.4 Å². The Morgan fingerprint density at radius 3 is 2.83 bits per heavy atom. The zero-order valence-electron chi connectivity index (χ0n) is 11.1. The highest BCUT2D eigenvalue weighted by molar-refractivity contribution is 5.62. The van der Waals surface area contributed by atoms with Crippen molar-refractivity contribution in [3.8, 4) is 6.07 Å². The molecule has 0 aliphatic heterocycles. The van der Waals surface area contributed by atoms with Crippen molar-refractivity contribution in [1.29, 1.82) is 5.26 Å². The quantitative estimate of drug-likeness (QED) is 0.574. The molecule has 0 unspecified atom stereocenters. The molecule has 0 aromatic heterocycles. The van der Waals surface area contributed by atoms with Crippen molar-refractivity contribution in [3.63, 3.8) is 0 Å². The van der Waals surface area contributed by atoms with Gasteiger partial charge in [0.1, 0.15) is 6.07 Å². The zero-order valence-corrected chi connectivity index (χ0v) is 11.1. The Labute approximate surface area is 109 Å². The van der Waals surface area contributed by atoms with Crippen molar-refractivity contribution < 1.29 is 4.74 Å². The third-order valence-electron chi connectivity index (χ3n) is 2.50. The molecule has 0 saturated heterocycles. The fraction of sp³-hybridized carbons (Fsp3) is 0.500. The van der Waals surface area contributed by atoms with Crippen LogP contribution in [-0.4, -0.2) is 19.3 Å². The summed E-state index contributed by atoms with van der Waals surface area (Å²) in [6.07, 6.45) is 2.32. The zero-order chi connectivity index (χ0) is 13.4. The summed E-state index contributed by atoms with van der Waals surface area (Å²) in [6.45, 7) is 5.68. The SMILES string of the molecule is CC(C)OCCCCNc1ccc(N)cc1C#N. The van der Waals surface area contributed by atoms with Crippen molar-refractivity contribution in [1.82, 2.24) is 0 Å². The molecule has 1 aromatic rings. The third kappa shape index (κ3) is 5.07. The number of benzene rings is 1. The standard InChI is InChI=1S/C14H21N3O/c1-11(2)18-8-4-3-7-17-14-6-5-13(16)9-12(14)10-15/h5-6,9,11,17H,3-4,7-8,16H2,1-2H3. The number of unbranched alkanes of at least 4 members (excludes halogenated alkanes) is 1. The largest absolute Gasteiger partial charge is 0.399 e. The number of nitrogens with one attached hydrogen (secondary N) is 1. The van der Waals surface area contributed by atoms with E-state index in [4.69, 9.17) is 15.7 Å². The first-order chi connectivity index (χ1) is 8.63. The van der Waals surface area contributed by atoms with Crippen LogP contribution in [0, 0.1) is 11.3 Å². The van der Waals surface area contributed by atoms with Gasteiger partial charge in [-0.15, -0.1) is 0 Å². The van der Waals surface area contributed by atoms with Gasteiger partial charge >= 0.3 is 0 Å². The molecule has 0 spiro atoms. The number of nitrogens with zero attached hydrogens (tertiary/aromatic N) is 1. The van der Waals surface area contributed by atoms with E-state index in [9.17, 15) is 0 Å². The van der Waals surface area contributed by atoms with Gasteiger partial charge < -0.3 is 15.8 Å². The number of anilines is 2. The molecule has 0 aliphatic carbocycles. The Bertz CT molecular complexity index is 410. The van der Waals surface area contributed by atoms with E-state index in [0.717, 1.165) is 31.7 Å². The molecule has 0 heterocycles. The molecule has 18 heavy (non-hydrogen) atoms. The normalized spacial score (nSPS) is 10.3. The smallest absolute Gasteiger partial charge is 0.101 e. The molecule has 0 aliphatic rings. The second kappa shape index (κ2) is 7.57. The van der Waals surface area contributed by atoms with E-state index in [1.807, 2.05) is 19.9 Å². The van der Waals surface area contributed by atoms with Crippen molar-refractivity contribution in [3.05, 3.63) is 23.8 Å². The van der Waals surface area contributed by atoms with Gasteiger partial charge in [-0.3, -0.25) is 0 Å². The van der Waals surface area contributed by atoms with Crippen molar-refractivity contribution in [2.24, 2.45) is 0 Å². The van der Waals surface area contributed by atoms with Crippen LogP contribution < -0.4 is 11.1 Å². The van der Waals surface area contributed by atoms with Gasteiger partial charge in [-0.25, -0.2) is 0 Å². The molecule has 1 aromatic carbocycles. The lowest BCUT2D eigenvalue weighted by molar-refractivity contribution is 0.0765. The maximum Gasteiger partial charge on any atom is 0.101 e. The van der Waals surface area contributed by atoms with Crippen LogP contribution in [-0.2, 0) is 4.74 Å². The van der Waals surface area contributed by atoms with Crippen molar-refractivity contribution in [2.45, 2.75) is 32.8 Å². The fourth-order valence-corrected chi connectivity index (χ4v) is 1.58. The summed E-state index contributed by atoms with van der Waals surface area (Å²) in [7, 11) is 0. The third-order valence-corrected chi connectivity index (χ3v) is 2.50. The maximum atomic E-state index is 8.98. The number of nitrogen functional groups attached to an aromatic ring is 1. The lowest BCUT2D eigenvalue weighted by atomic mass is 10.1. The van der Waals surface area contributed by atoms with Crippen LogP contribution in [0.3, 0.4) is 0 Å². The second-order valence-corrected chi connectivity index (χ2v) is 4.47. The predicted molar refractivity (Wildman–Crippen MR) is 74.4 cm³/mol. The van der Waals surface area contributed by atoms with E-state index < -0.39 is 0 Å². The number of hydrogen-bond acceptors (Lipinski definition) is 4. The number of nitrogens with two attached hydrogens (primary N) is 1. The van der Waals surface area contributed by atoms with Gasteiger partial charge in [0.05, 0.1) is 17.4 Å². The molecule has 0 bridgehead atoms. The van der Waals surface area contributed by atoms with Crippen LogP contribution in [0.5, 0.6) is 0 Å². The first-order valence-corrected chi connectivity index (χ1v) is 6.28. The summed E-state index contributed by atoms with van der Waals surface area (Å²) in [5, 5.41) is 12.2. The molecule has 98 valence electrons. The average molecular weight is 247 g/mol. The van der Waals surface area contributed by atoms with Crippen LogP contribution >= 0.6 is 0 Å².